The molecule has 2 atom stereocenters. The van der Waals surface area contributed by atoms with Crippen LogP contribution in [0.1, 0.15) is 50.0 Å². The highest BCUT2D eigenvalue weighted by molar-refractivity contribution is 5.07. The van der Waals surface area contributed by atoms with Crippen LogP contribution in [0, 0.1) is 5.92 Å². The summed E-state index contributed by atoms with van der Waals surface area (Å²) in [6, 6.07) is 1.58. The Morgan fingerprint density at radius 1 is 1.50 bits per heavy atom. The van der Waals surface area contributed by atoms with E-state index < -0.39 is 0 Å². The normalized spacial score (nSPS) is 22.3. The molecule has 0 amide bonds. The van der Waals surface area contributed by atoms with Crippen molar-refractivity contribution in [2.45, 2.75) is 45.1 Å². The molecule has 2 rings (SSSR count). The van der Waals surface area contributed by atoms with Crippen molar-refractivity contribution in [2.75, 3.05) is 20.3 Å². The Morgan fingerprint density at radius 3 is 3.05 bits per heavy atom. The number of hydrogen-bond acceptors (Lipinski definition) is 4. The van der Waals surface area contributed by atoms with E-state index in [0.29, 0.717) is 19.1 Å². The van der Waals surface area contributed by atoms with Crippen LogP contribution in [0.15, 0.2) is 10.9 Å². The van der Waals surface area contributed by atoms with Crippen LogP contribution in [-0.4, -0.2) is 30.2 Å². The fraction of sp³-hybridized carbons (Fsp3) is 0.733. The molecular formula is C15H25N3O2. The molecule has 0 spiro atoms. The lowest BCUT2D eigenvalue weighted by molar-refractivity contribution is 0.199. The summed E-state index contributed by atoms with van der Waals surface area (Å²) >= 11 is 0. The van der Waals surface area contributed by atoms with E-state index in [1.54, 1.807) is 13.2 Å². The first-order valence-electron chi connectivity index (χ1n) is 7.52. The third-order valence-corrected chi connectivity index (χ3v) is 4.11. The molecular weight excluding hydrogens is 254 g/mol. The van der Waals surface area contributed by atoms with Crippen molar-refractivity contribution in [3.63, 3.8) is 0 Å². The molecule has 5 nitrogen and oxygen atoms in total. The number of H-pyrrole nitrogens is 1. The van der Waals surface area contributed by atoms with Gasteiger partial charge in [-0.05, 0) is 25.2 Å². The van der Waals surface area contributed by atoms with Crippen LogP contribution in [0.25, 0.3) is 0 Å². The maximum absolute atomic E-state index is 11.8. The number of aromatic nitrogens is 2. The fourth-order valence-corrected chi connectivity index (χ4v) is 2.90. The average Bonchev–Trinajstić information content (AvgIpc) is 2.92. The topological polar surface area (TPSA) is 67.0 Å². The summed E-state index contributed by atoms with van der Waals surface area (Å²) in [7, 11) is 1.68. The number of ether oxygens (including phenoxy) is 1. The minimum atomic E-state index is -0.0431. The predicted octanol–water partition coefficient (Wildman–Crippen LogP) is 1.80. The van der Waals surface area contributed by atoms with E-state index in [4.69, 9.17) is 4.74 Å². The molecule has 0 radical (unpaired) electrons. The summed E-state index contributed by atoms with van der Waals surface area (Å²) in [4.78, 5) is 19.3. The highest BCUT2D eigenvalue weighted by Gasteiger charge is 2.26. The highest BCUT2D eigenvalue weighted by atomic mass is 16.5. The van der Waals surface area contributed by atoms with Crippen molar-refractivity contribution in [1.82, 2.24) is 15.3 Å². The molecule has 112 valence electrons. The summed E-state index contributed by atoms with van der Waals surface area (Å²) in [5.41, 5.74) is 0.776. The quantitative estimate of drug-likeness (QED) is 0.747. The molecule has 5 heteroatoms. The van der Waals surface area contributed by atoms with Gasteiger partial charge in [0.2, 0.25) is 0 Å². The summed E-state index contributed by atoms with van der Waals surface area (Å²) in [5.74, 6) is 2.08. The van der Waals surface area contributed by atoms with Gasteiger partial charge >= 0.3 is 0 Å². The van der Waals surface area contributed by atoms with Crippen molar-refractivity contribution in [2.24, 2.45) is 5.92 Å². The zero-order valence-electron chi connectivity index (χ0n) is 12.4. The minimum Gasteiger partial charge on any atom is -0.383 e. The van der Waals surface area contributed by atoms with Gasteiger partial charge in [-0.3, -0.25) is 4.79 Å². The second-order valence-electron chi connectivity index (χ2n) is 5.58. The van der Waals surface area contributed by atoms with Crippen LogP contribution in [0.2, 0.25) is 0 Å². The fourth-order valence-electron chi connectivity index (χ4n) is 2.90. The number of methoxy groups -OCH3 is 1. The lowest BCUT2D eigenvalue weighted by atomic mass is 10.0. The first-order chi connectivity index (χ1) is 9.72. The van der Waals surface area contributed by atoms with E-state index in [9.17, 15) is 4.79 Å². The zero-order valence-corrected chi connectivity index (χ0v) is 12.4. The van der Waals surface area contributed by atoms with Gasteiger partial charge < -0.3 is 15.0 Å². The molecule has 1 aromatic heterocycles. The number of rotatable bonds is 7. The van der Waals surface area contributed by atoms with Crippen LogP contribution < -0.4 is 10.9 Å². The van der Waals surface area contributed by atoms with E-state index >= 15 is 0 Å². The Bertz CT molecular complexity index is 472. The van der Waals surface area contributed by atoms with Crippen LogP contribution in [-0.2, 0) is 11.3 Å². The molecule has 1 heterocycles. The second-order valence-corrected chi connectivity index (χ2v) is 5.58. The van der Waals surface area contributed by atoms with Crippen LogP contribution in [0.3, 0.4) is 0 Å². The maximum atomic E-state index is 11.8. The Labute approximate surface area is 120 Å². The van der Waals surface area contributed by atoms with Gasteiger partial charge in [0.25, 0.3) is 5.56 Å². The Hall–Kier alpha value is -1.20. The molecule has 1 saturated carbocycles. The van der Waals surface area contributed by atoms with E-state index in [1.165, 1.54) is 12.8 Å². The third-order valence-electron chi connectivity index (χ3n) is 4.11. The molecule has 20 heavy (non-hydrogen) atoms. The van der Waals surface area contributed by atoms with Crippen molar-refractivity contribution in [1.29, 1.82) is 0 Å². The van der Waals surface area contributed by atoms with Crippen LogP contribution >= 0.6 is 0 Å². The molecule has 0 bridgehead atoms. The highest BCUT2D eigenvalue weighted by Crippen LogP contribution is 2.37. The SMILES string of the molecule is CCC1CCC(c2nc(CNCCOC)cc(=O)[nH]2)C1. The largest absolute Gasteiger partial charge is 0.383 e. The smallest absolute Gasteiger partial charge is 0.251 e. The monoisotopic (exact) mass is 279 g/mol. The molecule has 2 unspecified atom stereocenters. The predicted molar refractivity (Wildman–Crippen MR) is 78.8 cm³/mol. The van der Waals surface area contributed by atoms with Crippen molar-refractivity contribution < 1.29 is 4.74 Å². The number of nitrogens with one attached hydrogen (secondary N) is 2. The van der Waals surface area contributed by atoms with Gasteiger partial charge in [0.1, 0.15) is 5.82 Å². The molecule has 0 aromatic carbocycles. The third kappa shape index (κ3) is 4.15. The van der Waals surface area contributed by atoms with Crippen molar-refractivity contribution in [3.05, 3.63) is 27.9 Å². The first kappa shape index (κ1) is 15.2. The van der Waals surface area contributed by atoms with E-state index in [1.807, 2.05) is 0 Å². The van der Waals surface area contributed by atoms with Crippen LogP contribution in [0.4, 0.5) is 0 Å². The summed E-state index contributed by atoms with van der Waals surface area (Å²) in [6.45, 7) is 4.28. The first-order valence-corrected chi connectivity index (χ1v) is 7.52. The Morgan fingerprint density at radius 2 is 2.35 bits per heavy atom. The Kier molecular flexibility index (Phi) is 5.73. The average molecular weight is 279 g/mol. The number of hydrogen-bond donors (Lipinski definition) is 2. The second kappa shape index (κ2) is 7.55. The molecule has 1 aromatic rings. The van der Waals surface area contributed by atoms with Crippen molar-refractivity contribution in [3.8, 4) is 0 Å². The molecule has 0 aliphatic heterocycles. The molecule has 0 saturated heterocycles. The van der Waals surface area contributed by atoms with Gasteiger partial charge in [0, 0.05) is 32.2 Å². The van der Waals surface area contributed by atoms with Gasteiger partial charge in [-0.15, -0.1) is 0 Å². The zero-order chi connectivity index (χ0) is 14.4. The maximum Gasteiger partial charge on any atom is 0.251 e. The lowest BCUT2D eigenvalue weighted by Gasteiger charge is -2.11. The summed E-state index contributed by atoms with van der Waals surface area (Å²) in [5, 5.41) is 3.23. The summed E-state index contributed by atoms with van der Waals surface area (Å²) < 4.78 is 4.98. The van der Waals surface area contributed by atoms with Gasteiger partial charge in [-0.25, -0.2) is 4.98 Å². The summed E-state index contributed by atoms with van der Waals surface area (Å²) in [6.07, 6.45) is 4.77. The van der Waals surface area contributed by atoms with Crippen molar-refractivity contribution >= 4 is 0 Å². The van der Waals surface area contributed by atoms with Gasteiger partial charge in [-0.2, -0.15) is 0 Å². The number of aromatic amines is 1. The molecule has 2 N–H and O–H groups in total. The molecule has 1 fully saturated rings. The minimum absolute atomic E-state index is 0.0431. The Balaban J connectivity index is 1.99. The van der Waals surface area contributed by atoms with Gasteiger partial charge in [-0.1, -0.05) is 13.3 Å². The molecule has 1 aliphatic rings. The van der Waals surface area contributed by atoms with Gasteiger partial charge in [0.05, 0.1) is 12.3 Å². The number of nitrogens with zero attached hydrogens (tertiary/aromatic N) is 1. The lowest BCUT2D eigenvalue weighted by Crippen LogP contribution is -2.22. The van der Waals surface area contributed by atoms with E-state index in [0.717, 1.165) is 36.8 Å². The molecule has 1 aliphatic carbocycles. The van der Waals surface area contributed by atoms with Crippen LogP contribution in [0.5, 0.6) is 0 Å². The van der Waals surface area contributed by atoms with E-state index in [2.05, 4.69) is 22.2 Å². The van der Waals surface area contributed by atoms with Gasteiger partial charge in [0.15, 0.2) is 0 Å². The van der Waals surface area contributed by atoms with E-state index in [-0.39, 0.29) is 5.56 Å². The standard InChI is InChI=1S/C15H25N3O2/c1-3-11-4-5-12(8-11)15-17-13(9-14(19)18-15)10-16-6-7-20-2/h9,11-12,16H,3-8,10H2,1-2H3,(H,17,18,19).